The number of nitrogens with zero attached hydrogens (tertiary/aromatic N) is 3. The molecule has 6 nitrogen and oxygen atoms in total. The van der Waals surface area contributed by atoms with Crippen molar-refractivity contribution in [3.63, 3.8) is 0 Å². The maximum Gasteiger partial charge on any atom is 0.191 e. The maximum absolute atomic E-state index is 5.50. The molecule has 2 heterocycles. The number of hydrogen-bond donors (Lipinski definition) is 2. The molecule has 0 aromatic carbocycles. The van der Waals surface area contributed by atoms with Gasteiger partial charge in [0.25, 0.3) is 0 Å². The Morgan fingerprint density at radius 3 is 2.96 bits per heavy atom. The Bertz CT molecular complexity index is 510. The van der Waals surface area contributed by atoms with Gasteiger partial charge in [0.15, 0.2) is 5.96 Å². The number of aromatic nitrogens is 1. The number of halogens is 1. The summed E-state index contributed by atoms with van der Waals surface area (Å²) in [5.41, 5.74) is 1.14. The zero-order valence-electron chi connectivity index (χ0n) is 15.0. The van der Waals surface area contributed by atoms with Crippen LogP contribution in [0.1, 0.15) is 24.5 Å². The molecular weight excluding hydrogens is 437 g/mol. The second kappa shape index (κ2) is 11.2. The standard InChI is InChI=1S/C16H29N5OS.HI/c1-12(21-7-8-22-10-13(21)2)9-19-16(17-4)18-6-5-15-11-23-14(3)20-15;/h11-13H,5-10H2,1-4H3,(H2,17,18,19);1H. The van der Waals surface area contributed by atoms with Crippen LogP contribution in [0, 0.1) is 6.92 Å². The van der Waals surface area contributed by atoms with Crippen molar-refractivity contribution in [3.05, 3.63) is 16.1 Å². The summed E-state index contributed by atoms with van der Waals surface area (Å²) >= 11 is 1.70. The quantitative estimate of drug-likeness (QED) is 0.380. The average Bonchev–Trinajstić information content (AvgIpc) is 2.96. The third-order valence-corrected chi connectivity index (χ3v) is 4.94. The Morgan fingerprint density at radius 1 is 1.54 bits per heavy atom. The van der Waals surface area contributed by atoms with Crippen molar-refractivity contribution in [2.75, 3.05) is 39.9 Å². The van der Waals surface area contributed by atoms with Gasteiger partial charge in [0.05, 0.1) is 23.9 Å². The van der Waals surface area contributed by atoms with Crippen molar-refractivity contribution in [3.8, 4) is 0 Å². The fourth-order valence-electron chi connectivity index (χ4n) is 2.81. The van der Waals surface area contributed by atoms with Crippen LogP contribution in [-0.2, 0) is 11.2 Å². The van der Waals surface area contributed by atoms with E-state index in [1.54, 1.807) is 11.3 Å². The molecule has 2 rings (SSSR count). The third-order valence-electron chi connectivity index (χ3n) is 4.11. The van der Waals surface area contributed by atoms with E-state index in [0.717, 1.165) is 55.9 Å². The molecule has 0 saturated carbocycles. The van der Waals surface area contributed by atoms with E-state index in [2.05, 4.69) is 44.7 Å². The van der Waals surface area contributed by atoms with E-state index < -0.39 is 0 Å². The number of ether oxygens (including phenoxy) is 1. The summed E-state index contributed by atoms with van der Waals surface area (Å²) in [6.45, 7) is 10.9. The van der Waals surface area contributed by atoms with Gasteiger partial charge in [0, 0.05) is 50.6 Å². The molecule has 1 fully saturated rings. The molecule has 0 spiro atoms. The molecule has 8 heteroatoms. The first-order chi connectivity index (χ1) is 11.1. The summed E-state index contributed by atoms with van der Waals surface area (Å²) in [6, 6.07) is 0.928. The number of nitrogens with one attached hydrogen (secondary N) is 2. The number of rotatable bonds is 6. The fourth-order valence-corrected chi connectivity index (χ4v) is 3.46. The van der Waals surface area contributed by atoms with Gasteiger partial charge in [-0.25, -0.2) is 4.98 Å². The number of hydrogen-bond acceptors (Lipinski definition) is 5. The molecule has 1 aliphatic heterocycles. The maximum atomic E-state index is 5.50. The minimum absolute atomic E-state index is 0. The molecule has 138 valence electrons. The first kappa shape index (κ1) is 21.6. The van der Waals surface area contributed by atoms with Crippen LogP contribution in [0.2, 0.25) is 0 Å². The van der Waals surface area contributed by atoms with Gasteiger partial charge in [-0.1, -0.05) is 0 Å². The highest BCUT2D eigenvalue weighted by molar-refractivity contribution is 14.0. The predicted octanol–water partition coefficient (Wildman–Crippen LogP) is 1.89. The van der Waals surface area contributed by atoms with E-state index in [1.807, 2.05) is 14.0 Å². The molecule has 2 N–H and O–H groups in total. The number of aryl methyl sites for hydroxylation is 1. The highest BCUT2D eigenvalue weighted by Gasteiger charge is 2.23. The van der Waals surface area contributed by atoms with Crippen LogP contribution in [0.5, 0.6) is 0 Å². The first-order valence-corrected chi connectivity index (χ1v) is 9.17. The Hall–Kier alpha value is -0.450. The van der Waals surface area contributed by atoms with Crippen molar-refractivity contribution < 1.29 is 4.74 Å². The van der Waals surface area contributed by atoms with Gasteiger partial charge >= 0.3 is 0 Å². The number of aliphatic imine (C=N–C) groups is 1. The van der Waals surface area contributed by atoms with Crippen LogP contribution in [0.25, 0.3) is 0 Å². The second-order valence-electron chi connectivity index (χ2n) is 6.00. The van der Waals surface area contributed by atoms with Crippen molar-refractivity contribution in [2.45, 2.75) is 39.3 Å². The Kier molecular flexibility index (Phi) is 10.1. The molecule has 24 heavy (non-hydrogen) atoms. The molecule has 1 aromatic heterocycles. The van der Waals surface area contributed by atoms with E-state index in [0.29, 0.717) is 12.1 Å². The van der Waals surface area contributed by atoms with Gasteiger partial charge in [-0.05, 0) is 20.8 Å². The molecule has 1 aromatic rings. The number of guanidine groups is 1. The first-order valence-electron chi connectivity index (χ1n) is 8.29. The van der Waals surface area contributed by atoms with Crippen molar-refractivity contribution in [1.82, 2.24) is 20.5 Å². The molecule has 0 amide bonds. The molecular formula is C16H30IN5OS. The molecule has 1 aliphatic rings. The van der Waals surface area contributed by atoms with Crippen molar-refractivity contribution in [2.24, 2.45) is 4.99 Å². The normalized spacial score (nSPS) is 20.3. The molecule has 2 atom stereocenters. The predicted molar refractivity (Wildman–Crippen MR) is 112 cm³/mol. The summed E-state index contributed by atoms with van der Waals surface area (Å²) in [6.07, 6.45) is 0.918. The molecule has 0 aliphatic carbocycles. The minimum atomic E-state index is 0. The highest BCUT2D eigenvalue weighted by Crippen LogP contribution is 2.10. The summed E-state index contributed by atoms with van der Waals surface area (Å²) in [5, 5.41) is 10.0. The highest BCUT2D eigenvalue weighted by atomic mass is 127. The summed E-state index contributed by atoms with van der Waals surface area (Å²) in [4.78, 5) is 11.3. The van der Waals surface area contributed by atoms with Gasteiger partial charge in [-0.2, -0.15) is 0 Å². The van der Waals surface area contributed by atoms with E-state index in [9.17, 15) is 0 Å². The minimum Gasteiger partial charge on any atom is -0.379 e. The van der Waals surface area contributed by atoms with E-state index in [-0.39, 0.29) is 24.0 Å². The van der Waals surface area contributed by atoms with E-state index in [4.69, 9.17) is 4.74 Å². The van der Waals surface area contributed by atoms with Crippen LogP contribution < -0.4 is 10.6 Å². The van der Waals surface area contributed by atoms with Crippen LogP contribution >= 0.6 is 35.3 Å². The van der Waals surface area contributed by atoms with Gasteiger partial charge in [-0.15, -0.1) is 35.3 Å². The lowest BCUT2D eigenvalue weighted by Crippen LogP contribution is -2.53. The lowest BCUT2D eigenvalue weighted by atomic mass is 10.2. The lowest BCUT2D eigenvalue weighted by Gasteiger charge is -2.38. The molecule has 2 unspecified atom stereocenters. The fraction of sp³-hybridized carbons (Fsp3) is 0.750. The largest absolute Gasteiger partial charge is 0.379 e. The Balaban J connectivity index is 0.00000288. The SMILES string of the molecule is CN=C(NCCc1csc(C)n1)NCC(C)N1CCOCC1C.I. The average molecular weight is 467 g/mol. The topological polar surface area (TPSA) is 61.8 Å². The second-order valence-corrected chi connectivity index (χ2v) is 7.06. The number of morpholine rings is 1. The van der Waals surface area contributed by atoms with Gasteiger partial charge in [0.2, 0.25) is 0 Å². The lowest BCUT2D eigenvalue weighted by molar-refractivity contribution is -0.0174. The van der Waals surface area contributed by atoms with Gasteiger partial charge in [-0.3, -0.25) is 9.89 Å². The molecule has 0 bridgehead atoms. The van der Waals surface area contributed by atoms with Crippen LogP contribution in [0.3, 0.4) is 0 Å². The van der Waals surface area contributed by atoms with Crippen molar-refractivity contribution >= 4 is 41.3 Å². The Morgan fingerprint density at radius 2 is 2.33 bits per heavy atom. The van der Waals surface area contributed by atoms with Crippen LogP contribution in [-0.4, -0.2) is 67.8 Å². The monoisotopic (exact) mass is 467 g/mol. The van der Waals surface area contributed by atoms with Crippen molar-refractivity contribution in [1.29, 1.82) is 0 Å². The van der Waals surface area contributed by atoms with Gasteiger partial charge < -0.3 is 15.4 Å². The van der Waals surface area contributed by atoms with E-state index >= 15 is 0 Å². The number of thiazole rings is 1. The molecule has 1 saturated heterocycles. The van der Waals surface area contributed by atoms with Crippen LogP contribution in [0.4, 0.5) is 0 Å². The summed E-state index contributed by atoms with van der Waals surface area (Å²) in [7, 11) is 1.81. The molecule has 0 radical (unpaired) electrons. The van der Waals surface area contributed by atoms with E-state index in [1.165, 1.54) is 0 Å². The third kappa shape index (κ3) is 6.81. The van der Waals surface area contributed by atoms with Crippen LogP contribution in [0.15, 0.2) is 10.4 Å². The Labute approximate surface area is 166 Å². The van der Waals surface area contributed by atoms with Gasteiger partial charge in [0.1, 0.15) is 0 Å². The zero-order chi connectivity index (χ0) is 16.7. The summed E-state index contributed by atoms with van der Waals surface area (Å²) in [5.74, 6) is 0.852. The summed E-state index contributed by atoms with van der Waals surface area (Å²) < 4.78 is 5.50. The smallest absolute Gasteiger partial charge is 0.191 e. The zero-order valence-corrected chi connectivity index (χ0v) is 18.2.